The van der Waals surface area contributed by atoms with Gasteiger partial charge in [0.1, 0.15) is 5.78 Å². The second-order valence-corrected chi connectivity index (χ2v) is 3.68. The number of carboxylic acid groups (broad SMARTS) is 1. The van der Waals surface area contributed by atoms with Crippen molar-refractivity contribution in [1.29, 1.82) is 0 Å². The summed E-state index contributed by atoms with van der Waals surface area (Å²) < 4.78 is 0. The molecule has 0 aliphatic carbocycles. The monoisotopic (exact) mass is 206 g/mol. The van der Waals surface area contributed by atoms with Crippen molar-refractivity contribution in [3.05, 3.63) is 35.4 Å². The van der Waals surface area contributed by atoms with Crippen LogP contribution in [0.5, 0.6) is 0 Å². The first-order valence-electron chi connectivity index (χ1n) is 4.82. The average molecular weight is 206 g/mol. The highest BCUT2D eigenvalue weighted by molar-refractivity contribution is 5.78. The third-order valence-corrected chi connectivity index (χ3v) is 2.30. The van der Waals surface area contributed by atoms with E-state index in [9.17, 15) is 9.59 Å². The van der Waals surface area contributed by atoms with Gasteiger partial charge in [0.05, 0.1) is 5.92 Å². The van der Waals surface area contributed by atoms with Gasteiger partial charge in [0.2, 0.25) is 0 Å². The molecule has 0 fully saturated rings. The number of Topliss-reactive ketones (excluding diaryl/α,β-unsaturated/α-hetero) is 1. The molecule has 0 radical (unpaired) electrons. The van der Waals surface area contributed by atoms with Gasteiger partial charge in [-0.2, -0.15) is 0 Å². The third-order valence-electron chi connectivity index (χ3n) is 2.30. The van der Waals surface area contributed by atoms with Crippen LogP contribution in [-0.4, -0.2) is 16.9 Å². The smallest absolute Gasteiger partial charge is 0.310 e. The van der Waals surface area contributed by atoms with Crippen molar-refractivity contribution in [2.75, 3.05) is 0 Å². The summed E-state index contributed by atoms with van der Waals surface area (Å²) in [6.45, 7) is 3.18. The zero-order valence-electron chi connectivity index (χ0n) is 8.86. The highest BCUT2D eigenvalue weighted by atomic mass is 16.4. The molecule has 0 bridgehead atoms. The van der Waals surface area contributed by atoms with Gasteiger partial charge in [0.25, 0.3) is 0 Å². The van der Waals surface area contributed by atoms with Crippen molar-refractivity contribution in [1.82, 2.24) is 0 Å². The van der Waals surface area contributed by atoms with Crippen LogP contribution in [0.15, 0.2) is 24.3 Å². The summed E-state index contributed by atoms with van der Waals surface area (Å²) in [5.74, 6) is -1.24. The van der Waals surface area contributed by atoms with Crippen molar-refractivity contribution in [3.63, 3.8) is 0 Å². The number of hydrogen-bond donors (Lipinski definition) is 1. The lowest BCUT2D eigenvalue weighted by atomic mass is 9.99. The Balaban J connectivity index is 2.80. The molecule has 1 unspecified atom stereocenters. The molecule has 0 aromatic heterocycles. The van der Waals surface area contributed by atoms with Crippen LogP contribution in [0, 0.1) is 0 Å². The lowest BCUT2D eigenvalue weighted by molar-refractivity contribution is -0.138. The van der Waals surface area contributed by atoms with E-state index >= 15 is 0 Å². The van der Waals surface area contributed by atoms with Crippen molar-refractivity contribution < 1.29 is 14.7 Å². The molecule has 1 aromatic carbocycles. The van der Waals surface area contributed by atoms with Gasteiger partial charge in [-0.05, 0) is 25.0 Å². The molecule has 3 nitrogen and oxygen atoms in total. The Morgan fingerprint density at radius 2 is 1.80 bits per heavy atom. The summed E-state index contributed by atoms with van der Waals surface area (Å²) >= 11 is 0. The molecule has 0 aliphatic heterocycles. The molecule has 0 heterocycles. The van der Waals surface area contributed by atoms with Gasteiger partial charge in [-0.1, -0.05) is 24.3 Å². The van der Waals surface area contributed by atoms with Gasteiger partial charge < -0.3 is 5.11 Å². The predicted molar refractivity (Wildman–Crippen MR) is 56.9 cm³/mol. The number of hydrogen-bond acceptors (Lipinski definition) is 2. The third kappa shape index (κ3) is 3.20. The molecular formula is C12H14O3. The molecule has 0 spiro atoms. The molecule has 1 rings (SSSR count). The summed E-state index contributed by atoms with van der Waals surface area (Å²) in [5.41, 5.74) is 1.68. The van der Waals surface area contributed by atoms with Gasteiger partial charge in [-0.3, -0.25) is 9.59 Å². The van der Waals surface area contributed by atoms with Crippen LogP contribution in [0.1, 0.15) is 30.9 Å². The van der Waals surface area contributed by atoms with Crippen LogP contribution < -0.4 is 0 Å². The van der Waals surface area contributed by atoms with E-state index in [2.05, 4.69) is 0 Å². The van der Waals surface area contributed by atoms with Crippen LogP contribution >= 0.6 is 0 Å². The van der Waals surface area contributed by atoms with E-state index in [1.54, 1.807) is 31.2 Å². The fraction of sp³-hybridized carbons (Fsp3) is 0.333. The fourth-order valence-corrected chi connectivity index (χ4v) is 1.35. The molecule has 80 valence electrons. The summed E-state index contributed by atoms with van der Waals surface area (Å²) in [4.78, 5) is 21.6. The van der Waals surface area contributed by atoms with E-state index in [0.29, 0.717) is 6.42 Å². The lowest BCUT2D eigenvalue weighted by Gasteiger charge is -2.06. The quantitative estimate of drug-likeness (QED) is 0.819. The van der Waals surface area contributed by atoms with E-state index in [1.807, 2.05) is 0 Å². The average Bonchev–Trinajstić information content (AvgIpc) is 2.17. The molecule has 15 heavy (non-hydrogen) atoms. The number of carboxylic acids is 1. The normalized spacial score (nSPS) is 12.1. The number of carbonyl (C=O) groups excluding carboxylic acids is 1. The minimum absolute atomic E-state index is 0.106. The molecule has 1 N–H and O–H groups in total. The maximum absolute atomic E-state index is 10.8. The number of ketones is 1. The molecule has 1 aromatic rings. The van der Waals surface area contributed by atoms with Gasteiger partial charge in [0, 0.05) is 6.42 Å². The maximum Gasteiger partial charge on any atom is 0.310 e. The first-order chi connectivity index (χ1) is 7.00. The highest BCUT2D eigenvalue weighted by Crippen LogP contribution is 2.16. The fourth-order valence-electron chi connectivity index (χ4n) is 1.35. The van der Waals surface area contributed by atoms with Crippen molar-refractivity contribution in [2.24, 2.45) is 0 Å². The molecule has 1 atom stereocenters. The van der Waals surface area contributed by atoms with Crippen LogP contribution in [0.3, 0.4) is 0 Å². The number of rotatable bonds is 4. The standard InChI is InChI=1S/C12H14O3/c1-8(13)7-10-3-5-11(6-4-10)9(2)12(14)15/h3-6,9H,7H2,1-2H3,(H,14,15). The van der Waals surface area contributed by atoms with E-state index < -0.39 is 11.9 Å². The van der Waals surface area contributed by atoms with Crippen LogP contribution in [-0.2, 0) is 16.0 Å². The zero-order chi connectivity index (χ0) is 11.4. The van der Waals surface area contributed by atoms with E-state index in [4.69, 9.17) is 5.11 Å². The Morgan fingerprint density at radius 1 is 1.27 bits per heavy atom. The summed E-state index contributed by atoms with van der Waals surface area (Å²) in [5, 5.41) is 8.80. The number of carbonyl (C=O) groups is 2. The first-order valence-corrected chi connectivity index (χ1v) is 4.82. The van der Waals surface area contributed by atoms with Crippen molar-refractivity contribution >= 4 is 11.8 Å². The van der Waals surface area contributed by atoms with Crippen molar-refractivity contribution in [2.45, 2.75) is 26.2 Å². The Bertz CT molecular complexity index is 365. The van der Waals surface area contributed by atoms with E-state index in [1.165, 1.54) is 6.92 Å². The number of benzene rings is 1. The lowest BCUT2D eigenvalue weighted by Crippen LogP contribution is -2.07. The molecule has 3 heteroatoms. The Labute approximate surface area is 88.7 Å². The molecule has 0 saturated heterocycles. The molecule has 0 saturated carbocycles. The van der Waals surface area contributed by atoms with Gasteiger partial charge >= 0.3 is 5.97 Å². The summed E-state index contributed by atoms with van der Waals surface area (Å²) in [7, 11) is 0. The molecular weight excluding hydrogens is 192 g/mol. The first kappa shape index (κ1) is 11.4. The zero-order valence-corrected chi connectivity index (χ0v) is 8.86. The van der Waals surface area contributed by atoms with E-state index in [0.717, 1.165) is 11.1 Å². The maximum atomic E-state index is 10.8. The van der Waals surface area contributed by atoms with Gasteiger partial charge in [0.15, 0.2) is 0 Å². The van der Waals surface area contributed by atoms with Gasteiger partial charge in [-0.15, -0.1) is 0 Å². The van der Waals surface area contributed by atoms with Crippen molar-refractivity contribution in [3.8, 4) is 0 Å². The molecule has 0 amide bonds. The number of aliphatic carboxylic acids is 1. The summed E-state index contributed by atoms with van der Waals surface area (Å²) in [6, 6.07) is 7.13. The van der Waals surface area contributed by atoms with Crippen LogP contribution in [0.25, 0.3) is 0 Å². The predicted octanol–water partition coefficient (Wildman–Crippen LogP) is 2.01. The Kier molecular flexibility index (Phi) is 3.61. The Hall–Kier alpha value is -1.64. The second-order valence-electron chi connectivity index (χ2n) is 3.68. The largest absolute Gasteiger partial charge is 0.481 e. The van der Waals surface area contributed by atoms with Gasteiger partial charge in [-0.25, -0.2) is 0 Å². The van der Waals surface area contributed by atoms with Crippen LogP contribution in [0.2, 0.25) is 0 Å². The minimum atomic E-state index is -0.839. The SMILES string of the molecule is CC(=O)Cc1ccc(C(C)C(=O)O)cc1. The second kappa shape index (κ2) is 4.73. The highest BCUT2D eigenvalue weighted by Gasteiger charge is 2.12. The summed E-state index contributed by atoms with van der Waals surface area (Å²) in [6.07, 6.45) is 0.404. The van der Waals surface area contributed by atoms with E-state index in [-0.39, 0.29) is 5.78 Å². The Morgan fingerprint density at radius 3 is 2.20 bits per heavy atom. The minimum Gasteiger partial charge on any atom is -0.481 e. The molecule has 0 aliphatic rings. The topological polar surface area (TPSA) is 54.4 Å². The van der Waals surface area contributed by atoms with Crippen LogP contribution in [0.4, 0.5) is 0 Å².